The zero-order chi connectivity index (χ0) is 18.6. The maximum Gasteiger partial charge on any atom is 0.341 e. The molecule has 1 fully saturated rings. The molecule has 2 rings (SSSR count). The van der Waals surface area contributed by atoms with E-state index in [0.29, 0.717) is 13.0 Å². The van der Waals surface area contributed by atoms with Gasteiger partial charge in [-0.05, 0) is 24.5 Å². The first kappa shape index (κ1) is 19.7. The molecule has 0 saturated carbocycles. The van der Waals surface area contributed by atoms with Crippen molar-refractivity contribution in [1.82, 2.24) is 9.88 Å². The molecule has 1 saturated heterocycles. The molecule has 138 valence electrons. The summed E-state index contributed by atoms with van der Waals surface area (Å²) in [5, 5.41) is 0.000807. The Morgan fingerprint density at radius 2 is 2.16 bits per heavy atom. The predicted octanol–water partition coefficient (Wildman–Crippen LogP) is 1.56. The average molecular weight is 389 g/mol. The second-order valence-corrected chi connectivity index (χ2v) is 9.00. The number of hydrogen-bond donors (Lipinski definition) is 0. The summed E-state index contributed by atoms with van der Waals surface area (Å²) in [6.45, 7) is 3.81. The Labute approximate surface area is 152 Å². The van der Waals surface area contributed by atoms with Gasteiger partial charge in [-0.1, -0.05) is 25.4 Å². The monoisotopic (exact) mass is 388 g/mol. The number of sulfone groups is 1. The van der Waals surface area contributed by atoms with E-state index in [4.69, 9.17) is 16.3 Å². The van der Waals surface area contributed by atoms with E-state index in [1.165, 1.54) is 17.2 Å². The highest BCUT2D eigenvalue weighted by molar-refractivity contribution is 7.91. The van der Waals surface area contributed by atoms with Gasteiger partial charge in [0.2, 0.25) is 0 Å². The number of ether oxygens (including phenoxy) is 1. The molecule has 1 aliphatic heterocycles. The molecule has 0 N–H and O–H groups in total. The second-order valence-electron chi connectivity index (χ2n) is 6.41. The highest BCUT2D eigenvalue weighted by atomic mass is 35.5. The van der Waals surface area contributed by atoms with Crippen LogP contribution in [0.4, 0.5) is 0 Å². The van der Waals surface area contributed by atoms with Gasteiger partial charge < -0.3 is 9.64 Å². The summed E-state index contributed by atoms with van der Waals surface area (Å²) in [5.41, 5.74) is 0.0795. The number of pyridine rings is 1. The maximum atomic E-state index is 12.5. The minimum Gasteiger partial charge on any atom is -0.452 e. The van der Waals surface area contributed by atoms with Crippen molar-refractivity contribution in [2.75, 3.05) is 24.7 Å². The fraction of sp³-hybridized carbons (Fsp3) is 0.562. The molecule has 0 radical (unpaired) electrons. The molecule has 9 heteroatoms. The zero-order valence-electron chi connectivity index (χ0n) is 14.1. The van der Waals surface area contributed by atoms with Gasteiger partial charge >= 0.3 is 5.97 Å². The van der Waals surface area contributed by atoms with Crippen LogP contribution in [0.5, 0.6) is 0 Å². The van der Waals surface area contributed by atoms with Gasteiger partial charge in [-0.3, -0.25) is 4.79 Å². The van der Waals surface area contributed by atoms with E-state index >= 15 is 0 Å². The zero-order valence-corrected chi connectivity index (χ0v) is 15.7. The van der Waals surface area contributed by atoms with Gasteiger partial charge in [0.15, 0.2) is 16.4 Å². The second kappa shape index (κ2) is 8.14. The van der Waals surface area contributed by atoms with Gasteiger partial charge in [0.05, 0.1) is 17.1 Å². The molecule has 0 unspecified atom stereocenters. The number of halogens is 1. The largest absolute Gasteiger partial charge is 0.452 e. The predicted molar refractivity (Wildman–Crippen MR) is 93.1 cm³/mol. The molecular weight excluding hydrogens is 368 g/mol. The number of esters is 1. The smallest absolute Gasteiger partial charge is 0.341 e. The topological polar surface area (TPSA) is 93.6 Å². The van der Waals surface area contributed by atoms with Crippen LogP contribution in [0.15, 0.2) is 18.3 Å². The van der Waals surface area contributed by atoms with Crippen molar-refractivity contribution in [2.45, 2.75) is 26.3 Å². The molecule has 0 spiro atoms. The van der Waals surface area contributed by atoms with E-state index < -0.39 is 28.3 Å². The summed E-state index contributed by atoms with van der Waals surface area (Å²) in [7, 11) is -3.12. The van der Waals surface area contributed by atoms with Crippen molar-refractivity contribution in [2.24, 2.45) is 5.92 Å². The Balaban J connectivity index is 2.02. The molecule has 0 aliphatic carbocycles. The molecule has 0 aromatic carbocycles. The van der Waals surface area contributed by atoms with Crippen molar-refractivity contribution in [3.8, 4) is 0 Å². The van der Waals surface area contributed by atoms with E-state index in [1.807, 2.05) is 13.8 Å². The number of rotatable bonds is 6. The molecule has 1 atom stereocenters. The van der Waals surface area contributed by atoms with Crippen LogP contribution in [0.1, 0.15) is 30.6 Å². The Bertz CT molecular complexity index is 751. The lowest BCUT2D eigenvalue weighted by Crippen LogP contribution is -2.45. The standard InChI is InChI=1S/C16H21ClN2O5S/c1-11(2)8-19(12-5-7-25(22,23)10-12)14(20)9-24-16(21)13-4-3-6-18-15(13)17/h3-4,6,11-12H,5,7-10H2,1-2H3/t12-/m1/s1. The van der Waals surface area contributed by atoms with Crippen LogP contribution in [-0.2, 0) is 19.4 Å². The van der Waals surface area contributed by atoms with Crippen molar-refractivity contribution in [3.05, 3.63) is 29.0 Å². The van der Waals surface area contributed by atoms with Crippen LogP contribution in [0.25, 0.3) is 0 Å². The number of carbonyl (C=O) groups is 2. The molecule has 25 heavy (non-hydrogen) atoms. The lowest BCUT2D eigenvalue weighted by atomic mass is 10.1. The number of nitrogens with zero attached hydrogens (tertiary/aromatic N) is 2. The van der Waals surface area contributed by atoms with Gasteiger partial charge in [-0.25, -0.2) is 18.2 Å². The van der Waals surface area contributed by atoms with Crippen molar-refractivity contribution >= 4 is 33.3 Å². The van der Waals surface area contributed by atoms with Crippen molar-refractivity contribution in [1.29, 1.82) is 0 Å². The Kier molecular flexibility index (Phi) is 6.40. The third-order valence-electron chi connectivity index (χ3n) is 3.84. The summed E-state index contributed by atoms with van der Waals surface area (Å²) in [6, 6.07) is 2.62. The van der Waals surface area contributed by atoms with Gasteiger partial charge in [-0.15, -0.1) is 0 Å². The number of amides is 1. The molecule has 7 nitrogen and oxygen atoms in total. The minimum absolute atomic E-state index is 0.000807. The highest BCUT2D eigenvalue weighted by Gasteiger charge is 2.35. The number of hydrogen-bond acceptors (Lipinski definition) is 6. The van der Waals surface area contributed by atoms with Crippen LogP contribution in [-0.4, -0.2) is 60.9 Å². The fourth-order valence-corrected chi connectivity index (χ4v) is 4.62. The Hall–Kier alpha value is -1.67. The van der Waals surface area contributed by atoms with Crippen LogP contribution in [0, 0.1) is 5.92 Å². The van der Waals surface area contributed by atoms with Gasteiger partial charge in [-0.2, -0.15) is 0 Å². The maximum absolute atomic E-state index is 12.5. The number of aromatic nitrogens is 1. The molecule has 2 heterocycles. The van der Waals surface area contributed by atoms with Crippen LogP contribution in [0.2, 0.25) is 5.15 Å². The third kappa shape index (κ3) is 5.40. The lowest BCUT2D eigenvalue weighted by molar-refractivity contribution is -0.137. The first-order valence-electron chi connectivity index (χ1n) is 7.97. The van der Waals surface area contributed by atoms with E-state index in [-0.39, 0.29) is 34.2 Å². The SMILES string of the molecule is CC(C)CN(C(=O)COC(=O)c1cccnc1Cl)[C@@H]1CCS(=O)(=O)C1. The molecule has 1 aromatic rings. The summed E-state index contributed by atoms with van der Waals surface area (Å²) in [4.78, 5) is 29.8. The van der Waals surface area contributed by atoms with Gasteiger partial charge in [0, 0.05) is 18.8 Å². The minimum atomic E-state index is -3.12. The Morgan fingerprint density at radius 3 is 2.72 bits per heavy atom. The third-order valence-corrected chi connectivity index (χ3v) is 5.89. The van der Waals surface area contributed by atoms with Crippen LogP contribution >= 0.6 is 11.6 Å². The molecule has 0 bridgehead atoms. The molecule has 1 aromatic heterocycles. The van der Waals surface area contributed by atoms with Gasteiger partial charge in [0.1, 0.15) is 5.15 Å². The van der Waals surface area contributed by atoms with Crippen LogP contribution < -0.4 is 0 Å². The molecule has 1 amide bonds. The highest BCUT2D eigenvalue weighted by Crippen LogP contribution is 2.20. The Morgan fingerprint density at radius 1 is 1.44 bits per heavy atom. The first-order valence-corrected chi connectivity index (χ1v) is 10.2. The fourth-order valence-electron chi connectivity index (χ4n) is 2.70. The summed E-state index contributed by atoms with van der Waals surface area (Å²) >= 11 is 5.83. The summed E-state index contributed by atoms with van der Waals surface area (Å²) in [5.74, 6) is -0.965. The van der Waals surface area contributed by atoms with E-state index in [0.717, 1.165) is 0 Å². The summed E-state index contributed by atoms with van der Waals surface area (Å²) in [6.07, 6.45) is 1.85. The van der Waals surface area contributed by atoms with E-state index in [2.05, 4.69) is 4.98 Å². The van der Waals surface area contributed by atoms with Crippen molar-refractivity contribution in [3.63, 3.8) is 0 Å². The van der Waals surface area contributed by atoms with Crippen LogP contribution in [0.3, 0.4) is 0 Å². The quantitative estimate of drug-likeness (QED) is 0.542. The summed E-state index contributed by atoms with van der Waals surface area (Å²) < 4.78 is 28.4. The lowest BCUT2D eigenvalue weighted by Gasteiger charge is -2.29. The van der Waals surface area contributed by atoms with E-state index in [9.17, 15) is 18.0 Å². The van der Waals surface area contributed by atoms with Gasteiger partial charge in [0.25, 0.3) is 5.91 Å². The molecule has 1 aliphatic rings. The normalized spacial score (nSPS) is 19.0. The molecular formula is C16H21ClN2O5S. The number of carbonyl (C=O) groups excluding carboxylic acids is 2. The van der Waals surface area contributed by atoms with Crippen molar-refractivity contribution < 1.29 is 22.7 Å². The first-order chi connectivity index (χ1) is 11.7. The van der Waals surface area contributed by atoms with E-state index in [1.54, 1.807) is 6.07 Å². The average Bonchev–Trinajstić information content (AvgIpc) is 2.90.